The van der Waals surface area contributed by atoms with Crippen LogP contribution in [-0.4, -0.2) is 35.9 Å². The smallest absolute Gasteiger partial charge is 0.343 e. The number of hydrogen-bond donors (Lipinski definition) is 0. The van der Waals surface area contributed by atoms with Crippen molar-refractivity contribution in [1.82, 2.24) is 0 Å². The highest BCUT2D eigenvalue weighted by Crippen LogP contribution is 2.25. The Morgan fingerprint density at radius 2 is 0.767 bits per heavy atom. The molecule has 0 aliphatic rings. The first-order valence-electron chi connectivity index (χ1n) is 21.8. The number of rotatable bonds is 26. The van der Waals surface area contributed by atoms with E-state index >= 15 is 0 Å². The Morgan fingerprint density at radius 1 is 0.433 bits per heavy atom. The van der Waals surface area contributed by atoms with Crippen LogP contribution >= 0.6 is 23.5 Å². The monoisotopic (exact) mass is 840 g/mol. The second kappa shape index (κ2) is 27.0. The van der Waals surface area contributed by atoms with Crippen molar-refractivity contribution in [2.45, 2.75) is 114 Å². The number of hydrogen-bond acceptors (Lipinski definition) is 8. The van der Waals surface area contributed by atoms with Gasteiger partial charge in [-0.05, 0) is 133 Å². The van der Waals surface area contributed by atoms with Crippen LogP contribution in [0.1, 0.15) is 136 Å². The maximum Gasteiger partial charge on any atom is 0.343 e. The summed E-state index contributed by atoms with van der Waals surface area (Å²) in [5.74, 6) is 2.01. The Labute approximate surface area is 366 Å². The predicted octanol–water partition coefficient (Wildman–Crippen LogP) is 15.3. The number of esters is 2. The molecule has 0 N–H and O–H groups in total. The van der Waals surface area contributed by atoms with Gasteiger partial charge in [0.15, 0.2) is 0 Å². The van der Waals surface area contributed by atoms with E-state index in [0.29, 0.717) is 22.6 Å². The molecule has 8 heteroatoms. The van der Waals surface area contributed by atoms with E-state index in [0.717, 1.165) is 34.0 Å². The second-order valence-corrected chi connectivity index (χ2v) is 17.3. The third-order valence-electron chi connectivity index (χ3n) is 9.97. The molecule has 0 spiro atoms. The van der Waals surface area contributed by atoms with E-state index < -0.39 is 11.9 Å². The van der Waals surface area contributed by atoms with Gasteiger partial charge in [0.2, 0.25) is 0 Å². The molecule has 0 aromatic heterocycles. The van der Waals surface area contributed by atoms with Gasteiger partial charge >= 0.3 is 11.9 Å². The molecule has 0 saturated carbocycles. The van der Waals surface area contributed by atoms with Crippen LogP contribution in [0.3, 0.4) is 0 Å². The zero-order valence-electron chi connectivity index (χ0n) is 35.4. The number of unbranched alkanes of at least 4 members (excludes halogenated alkanes) is 12. The minimum absolute atomic E-state index is 0.343. The van der Waals surface area contributed by atoms with Crippen molar-refractivity contribution in [3.05, 3.63) is 144 Å². The lowest BCUT2D eigenvalue weighted by atomic mass is 10.1. The number of aliphatic imine (C=N–C) groups is 2. The molecule has 5 aromatic carbocycles. The zero-order chi connectivity index (χ0) is 42.0. The van der Waals surface area contributed by atoms with Gasteiger partial charge in [-0.15, -0.1) is 23.5 Å². The fourth-order valence-electron chi connectivity index (χ4n) is 6.37. The second-order valence-electron chi connectivity index (χ2n) is 14.9. The summed E-state index contributed by atoms with van der Waals surface area (Å²) in [6.45, 7) is 4.51. The Balaban J connectivity index is 0.993. The first-order chi connectivity index (χ1) is 29.5. The number of nitrogens with zero attached hydrogens (tertiary/aromatic N) is 2. The molecule has 0 amide bonds. The van der Waals surface area contributed by atoms with E-state index in [1.807, 2.05) is 72.1 Å². The molecule has 5 rings (SSSR count). The number of ether oxygens (including phenoxy) is 2. The SMILES string of the molecule is CCCCCCCCCSc1ccc(N=Cc2ccc(C(=O)Oc3ccc(OC(=O)c4ccc(C=Nc5ccc(SCCCCCCCCC)cc5)cc4)cc3)cc2)cc1. The van der Waals surface area contributed by atoms with Gasteiger partial charge in [-0.3, -0.25) is 9.98 Å². The Bertz CT molecular complexity index is 1890. The first kappa shape index (κ1) is 46.2. The van der Waals surface area contributed by atoms with Crippen molar-refractivity contribution in [2.75, 3.05) is 11.5 Å². The number of carbonyl (C=O) groups excluding carboxylic acids is 2. The quantitative estimate of drug-likeness (QED) is 0.0181. The minimum Gasteiger partial charge on any atom is -0.423 e. The largest absolute Gasteiger partial charge is 0.423 e. The molecule has 60 heavy (non-hydrogen) atoms. The normalized spacial score (nSPS) is 11.4. The molecule has 0 atom stereocenters. The molecular weight excluding hydrogens is 781 g/mol. The molecule has 5 aromatic rings. The van der Waals surface area contributed by atoms with Gasteiger partial charge in [0, 0.05) is 22.2 Å². The van der Waals surface area contributed by atoms with Crippen molar-refractivity contribution in [1.29, 1.82) is 0 Å². The minimum atomic E-state index is -0.485. The maximum absolute atomic E-state index is 12.8. The van der Waals surface area contributed by atoms with Gasteiger partial charge in [-0.1, -0.05) is 115 Å². The van der Waals surface area contributed by atoms with Crippen molar-refractivity contribution in [3.8, 4) is 11.5 Å². The van der Waals surface area contributed by atoms with E-state index in [2.05, 4.69) is 48.1 Å². The molecule has 0 bridgehead atoms. The highest BCUT2D eigenvalue weighted by Gasteiger charge is 2.11. The summed E-state index contributed by atoms with van der Waals surface area (Å²) in [6, 6.07) is 37.3. The molecule has 0 saturated heterocycles. The molecule has 0 radical (unpaired) electrons. The van der Waals surface area contributed by atoms with E-state index in [9.17, 15) is 9.59 Å². The van der Waals surface area contributed by atoms with Crippen LogP contribution in [0.2, 0.25) is 0 Å². The highest BCUT2D eigenvalue weighted by molar-refractivity contribution is 7.99. The van der Waals surface area contributed by atoms with E-state index in [1.54, 1.807) is 61.0 Å². The summed E-state index contributed by atoms with van der Waals surface area (Å²) < 4.78 is 11.1. The van der Waals surface area contributed by atoms with Gasteiger partial charge in [0.25, 0.3) is 0 Å². The zero-order valence-corrected chi connectivity index (χ0v) is 37.0. The summed E-state index contributed by atoms with van der Waals surface area (Å²) in [7, 11) is 0. The fraction of sp³-hybridized carbons (Fsp3) is 0.346. The van der Waals surface area contributed by atoms with Crippen LogP contribution in [0.25, 0.3) is 0 Å². The van der Waals surface area contributed by atoms with Gasteiger partial charge in [-0.2, -0.15) is 0 Å². The first-order valence-corrected chi connectivity index (χ1v) is 23.7. The fourth-order valence-corrected chi connectivity index (χ4v) is 8.20. The van der Waals surface area contributed by atoms with E-state index in [4.69, 9.17) is 9.47 Å². The summed E-state index contributed by atoms with van der Waals surface area (Å²) in [6.07, 6.45) is 22.2. The Hall–Kier alpha value is -4.92. The molecule has 314 valence electrons. The van der Waals surface area contributed by atoms with Gasteiger partial charge in [0.1, 0.15) is 11.5 Å². The lowest BCUT2D eigenvalue weighted by molar-refractivity contribution is 0.0719. The standard InChI is InChI=1S/C52H60N2O4S2/c1-3-5-7-9-11-13-15-37-59-49-33-25-45(26-34-49)53-39-41-17-21-43(22-18-41)51(55)57-47-29-31-48(32-30-47)58-52(56)44-23-19-42(20-24-44)40-54-46-27-35-50(36-28-46)60-38-16-14-12-10-8-6-4-2/h17-36,39-40H,3-16,37-38H2,1-2H3. The highest BCUT2D eigenvalue weighted by atomic mass is 32.2. The van der Waals surface area contributed by atoms with Crippen LogP contribution in [0.4, 0.5) is 11.4 Å². The predicted molar refractivity (Wildman–Crippen MR) is 254 cm³/mol. The topological polar surface area (TPSA) is 77.3 Å². The van der Waals surface area contributed by atoms with Crippen molar-refractivity contribution in [3.63, 3.8) is 0 Å². The third kappa shape index (κ3) is 17.4. The molecule has 0 fully saturated rings. The molecule has 0 aliphatic carbocycles. The average molecular weight is 841 g/mol. The van der Waals surface area contributed by atoms with Crippen molar-refractivity contribution < 1.29 is 19.1 Å². The Kier molecular flexibility index (Phi) is 20.8. The lowest BCUT2D eigenvalue weighted by Gasteiger charge is -2.07. The number of benzene rings is 5. The average Bonchev–Trinajstić information content (AvgIpc) is 3.28. The summed E-state index contributed by atoms with van der Waals surface area (Å²) in [5, 5.41) is 0. The summed E-state index contributed by atoms with van der Waals surface area (Å²) >= 11 is 3.81. The van der Waals surface area contributed by atoms with Crippen LogP contribution in [0, 0.1) is 0 Å². The summed E-state index contributed by atoms with van der Waals surface area (Å²) in [5.41, 5.74) is 4.35. The van der Waals surface area contributed by atoms with E-state index in [1.165, 1.54) is 99.7 Å². The lowest BCUT2D eigenvalue weighted by Crippen LogP contribution is -2.09. The molecule has 0 unspecified atom stereocenters. The molecular formula is C52H60N2O4S2. The molecule has 0 heterocycles. The van der Waals surface area contributed by atoms with E-state index in [-0.39, 0.29) is 0 Å². The van der Waals surface area contributed by atoms with Gasteiger partial charge in [-0.25, -0.2) is 9.59 Å². The van der Waals surface area contributed by atoms with Crippen molar-refractivity contribution >= 4 is 59.3 Å². The Morgan fingerprint density at radius 3 is 1.12 bits per heavy atom. The van der Waals surface area contributed by atoms with Crippen molar-refractivity contribution in [2.24, 2.45) is 9.98 Å². The van der Waals surface area contributed by atoms with Gasteiger partial charge < -0.3 is 9.47 Å². The third-order valence-corrected chi connectivity index (χ3v) is 12.2. The van der Waals surface area contributed by atoms with Crippen LogP contribution < -0.4 is 9.47 Å². The van der Waals surface area contributed by atoms with Crippen LogP contribution in [0.5, 0.6) is 11.5 Å². The summed E-state index contributed by atoms with van der Waals surface area (Å²) in [4.78, 5) is 37.4. The molecule has 6 nitrogen and oxygen atoms in total. The number of thioether (sulfide) groups is 2. The van der Waals surface area contributed by atoms with Gasteiger partial charge in [0.05, 0.1) is 22.5 Å². The number of carbonyl (C=O) groups is 2. The van der Waals surface area contributed by atoms with Crippen LogP contribution in [-0.2, 0) is 0 Å². The van der Waals surface area contributed by atoms with Crippen LogP contribution in [0.15, 0.2) is 141 Å². The molecule has 0 aliphatic heterocycles. The maximum atomic E-state index is 12.8.